The molecule has 2 aromatic carbocycles. The van der Waals surface area contributed by atoms with Gasteiger partial charge in [-0.1, -0.05) is 60.7 Å². The predicted molar refractivity (Wildman–Crippen MR) is 85.5 cm³/mol. The summed E-state index contributed by atoms with van der Waals surface area (Å²) in [6.07, 6.45) is 3.84. The summed E-state index contributed by atoms with van der Waals surface area (Å²) in [6.45, 7) is 0.534. The average molecular weight is 268 g/mol. The molecule has 2 heteroatoms. The van der Waals surface area contributed by atoms with Crippen molar-refractivity contribution in [3.05, 3.63) is 71.8 Å². The van der Waals surface area contributed by atoms with E-state index in [1.807, 2.05) is 12.1 Å². The molecule has 0 unspecified atom stereocenters. The number of nitrogens with two attached hydrogens (primary N) is 2. The van der Waals surface area contributed by atoms with E-state index in [2.05, 4.69) is 48.5 Å². The Balaban J connectivity index is 1.88. The molecule has 0 spiro atoms. The van der Waals surface area contributed by atoms with E-state index in [1.54, 1.807) is 0 Å². The van der Waals surface area contributed by atoms with Gasteiger partial charge in [0.15, 0.2) is 0 Å². The van der Waals surface area contributed by atoms with Crippen LogP contribution < -0.4 is 11.5 Å². The van der Waals surface area contributed by atoms with Crippen LogP contribution in [-0.4, -0.2) is 12.1 Å². The van der Waals surface area contributed by atoms with E-state index < -0.39 is 0 Å². The van der Waals surface area contributed by atoms with Gasteiger partial charge < -0.3 is 11.5 Å². The Morgan fingerprint density at radius 2 is 1.10 bits per heavy atom. The average Bonchev–Trinajstić information content (AvgIpc) is 2.53. The first kappa shape index (κ1) is 14.8. The van der Waals surface area contributed by atoms with Crippen molar-refractivity contribution in [1.82, 2.24) is 0 Å². The van der Waals surface area contributed by atoms with Gasteiger partial charge in [0.25, 0.3) is 0 Å². The molecule has 0 saturated heterocycles. The van der Waals surface area contributed by atoms with Gasteiger partial charge in [-0.2, -0.15) is 0 Å². The Morgan fingerprint density at radius 1 is 0.700 bits per heavy atom. The van der Waals surface area contributed by atoms with Crippen LogP contribution in [0, 0.1) is 0 Å². The Labute approximate surface area is 121 Å². The fourth-order valence-electron chi connectivity index (χ4n) is 2.41. The summed E-state index contributed by atoms with van der Waals surface area (Å²) in [4.78, 5) is 0. The summed E-state index contributed by atoms with van der Waals surface area (Å²) in [5.41, 5.74) is 14.8. The molecule has 0 saturated carbocycles. The van der Waals surface area contributed by atoms with Gasteiger partial charge in [-0.05, 0) is 36.8 Å². The SMILES string of the molecule is NCC(N)(CCc1ccccc1)CCc1ccccc1. The smallest absolute Gasteiger partial charge is 0.0285 e. The highest BCUT2D eigenvalue weighted by Gasteiger charge is 2.22. The largest absolute Gasteiger partial charge is 0.329 e. The molecule has 4 N–H and O–H groups in total. The third-order valence-corrected chi connectivity index (χ3v) is 3.92. The van der Waals surface area contributed by atoms with E-state index in [0.717, 1.165) is 25.7 Å². The molecular weight excluding hydrogens is 244 g/mol. The lowest BCUT2D eigenvalue weighted by atomic mass is 9.86. The van der Waals surface area contributed by atoms with Crippen LogP contribution in [0.3, 0.4) is 0 Å². The van der Waals surface area contributed by atoms with Crippen molar-refractivity contribution >= 4 is 0 Å². The van der Waals surface area contributed by atoms with Crippen LogP contribution in [0.1, 0.15) is 24.0 Å². The first-order valence-electron chi connectivity index (χ1n) is 7.29. The lowest BCUT2D eigenvalue weighted by Gasteiger charge is -2.28. The topological polar surface area (TPSA) is 52.0 Å². The van der Waals surface area contributed by atoms with Crippen LogP contribution in [0.5, 0.6) is 0 Å². The minimum atomic E-state index is -0.272. The van der Waals surface area contributed by atoms with Gasteiger partial charge in [0.05, 0.1) is 0 Å². The van der Waals surface area contributed by atoms with Crippen LogP contribution in [0.25, 0.3) is 0 Å². The third-order valence-electron chi connectivity index (χ3n) is 3.92. The predicted octanol–water partition coefficient (Wildman–Crippen LogP) is 2.91. The molecule has 0 heterocycles. The van der Waals surface area contributed by atoms with E-state index in [1.165, 1.54) is 11.1 Å². The Hall–Kier alpha value is -1.64. The minimum Gasteiger partial charge on any atom is -0.329 e. The van der Waals surface area contributed by atoms with E-state index in [0.29, 0.717) is 6.54 Å². The number of benzene rings is 2. The summed E-state index contributed by atoms with van der Waals surface area (Å²) >= 11 is 0. The molecule has 0 aromatic heterocycles. The van der Waals surface area contributed by atoms with Crippen molar-refractivity contribution in [2.45, 2.75) is 31.2 Å². The highest BCUT2D eigenvalue weighted by Crippen LogP contribution is 2.18. The quantitative estimate of drug-likeness (QED) is 0.811. The standard InChI is InChI=1S/C18H24N2/c19-15-18(20,13-11-16-7-3-1-4-8-16)14-12-17-9-5-2-6-10-17/h1-10H,11-15,19-20H2. The molecule has 0 aliphatic carbocycles. The molecule has 0 aliphatic rings. The molecule has 2 nitrogen and oxygen atoms in total. The molecule has 0 fully saturated rings. The van der Waals surface area contributed by atoms with E-state index in [4.69, 9.17) is 11.5 Å². The van der Waals surface area contributed by atoms with Crippen LogP contribution >= 0.6 is 0 Å². The Kier molecular flexibility index (Phi) is 5.33. The van der Waals surface area contributed by atoms with Crippen LogP contribution in [-0.2, 0) is 12.8 Å². The number of aryl methyl sites for hydroxylation is 2. The van der Waals surface area contributed by atoms with Crippen LogP contribution in [0.4, 0.5) is 0 Å². The molecule has 0 aliphatic heterocycles. The number of hydrogen-bond acceptors (Lipinski definition) is 2. The van der Waals surface area contributed by atoms with Gasteiger partial charge in [-0.3, -0.25) is 0 Å². The maximum Gasteiger partial charge on any atom is 0.0285 e. The number of hydrogen-bond donors (Lipinski definition) is 2. The van der Waals surface area contributed by atoms with E-state index in [9.17, 15) is 0 Å². The first-order chi connectivity index (χ1) is 9.72. The lowest BCUT2D eigenvalue weighted by Crippen LogP contribution is -2.47. The normalized spacial score (nSPS) is 11.5. The van der Waals surface area contributed by atoms with Gasteiger partial charge in [0.2, 0.25) is 0 Å². The summed E-state index contributed by atoms with van der Waals surface area (Å²) in [5, 5.41) is 0. The van der Waals surface area contributed by atoms with Crippen molar-refractivity contribution in [2.24, 2.45) is 11.5 Å². The molecule has 106 valence electrons. The van der Waals surface area contributed by atoms with Crippen molar-refractivity contribution < 1.29 is 0 Å². The third kappa shape index (κ3) is 4.48. The van der Waals surface area contributed by atoms with Gasteiger partial charge in [-0.15, -0.1) is 0 Å². The Morgan fingerprint density at radius 3 is 1.45 bits per heavy atom. The van der Waals surface area contributed by atoms with Crippen LogP contribution in [0.15, 0.2) is 60.7 Å². The maximum absolute atomic E-state index is 6.47. The summed E-state index contributed by atoms with van der Waals surface area (Å²) in [6, 6.07) is 20.9. The van der Waals surface area contributed by atoms with Crippen molar-refractivity contribution in [3.8, 4) is 0 Å². The zero-order valence-electron chi connectivity index (χ0n) is 12.0. The van der Waals surface area contributed by atoms with Gasteiger partial charge in [0, 0.05) is 12.1 Å². The second-order valence-electron chi connectivity index (χ2n) is 5.54. The second kappa shape index (κ2) is 7.22. The molecular formula is C18H24N2. The fourth-order valence-corrected chi connectivity index (χ4v) is 2.41. The van der Waals surface area contributed by atoms with Crippen molar-refractivity contribution in [2.75, 3.05) is 6.54 Å². The molecule has 0 bridgehead atoms. The lowest BCUT2D eigenvalue weighted by molar-refractivity contribution is 0.375. The van der Waals surface area contributed by atoms with Crippen LogP contribution in [0.2, 0.25) is 0 Å². The highest BCUT2D eigenvalue weighted by atomic mass is 14.8. The van der Waals surface area contributed by atoms with E-state index >= 15 is 0 Å². The second-order valence-corrected chi connectivity index (χ2v) is 5.54. The monoisotopic (exact) mass is 268 g/mol. The molecule has 2 aromatic rings. The maximum atomic E-state index is 6.47. The zero-order chi connectivity index (χ0) is 14.3. The summed E-state index contributed by atoms with van der Waals surface area (Å²) in [7, 11) is 0. The van der Waals surface area contributed by atoms with Gasteiger partial charge in [0.1, 0.15) is 0 Å². The van der Waals surface area contributed by atoms with Gasteiger partial charge in [-0.25, -0.2) is 0 Å². The molecule has 0 atom stereocenters. The van der Waals surface area contributed by atoms with E-state index in [-0.39, 0.29) is 5.54 Å². The summed E-state index contributed by atoms with van der Waals surface area (Å²) < 4.78 is 0. The highest BCUT2D eigenvalue weighted by molar-refractivity contribution is 5.17. The number of rotatable bonds is 7. The van der Waals surface area contributed by atoms with Gasteiger partial charge >= 0.3 is 0 Å². The molecule has 20 heavy (non-hydrogen) atoms. The first-order valence-corrected chi connectivity index (χ1v) is 7.29. The molecule has 0 radical (unpaired) electrons. The zero-order valence-corrected chi connectivity index (χ0v) is 12.0. The van der Waals surface area contributed by atoms with Crippen molar-refractivity contribution in [3.63, 3.8) is 0 Å². The van der Waals surface area contributed by atoms with Crippen molar-refractivity contribution in [1.29, 1.82) is 0 Å². The Bertz CT molecular complexity index is 450. The fraction of sp³-hybridized carbons (Fsp3) is 0.333. The molecule has 2 rings (SSSR count). The summed E-state index contributed by atoms with van der Waals surface area (Å²) in [5.74, 6) is 0. The minimum absolute atomic E-state index is 0.272. The molecule has 0 amide bonds.